The largest absolute Gasteiger partial charge is 0.482 e. The molecule has 1 aromatic carbocycles. The summed E-state index contributed by atoms with van der Waals surface area (Å²) in [4.78, 5) is 13.0. The molecule has 0 saturated heterocycles. The number of hydrogen-bond acceptors (Lipinski definition) is 2. The molecule has 0 aliphatic rings. The molecular weight excluding hydrogens is 249 g/mol. The number of rotatable bonds is 4. The van der Waals surface area contributed by atoms with E-state index in [0.717, 1.165) is 0 Å². The van der Waals surface area contributed by atoms with E-state index in [2.05, 4.69) is 0 Å². The van der Waals surface area contributed by atoms with Crippen molar-refractivity contribution in [3.8, 4) is 5.75 Å². The Morgan fingerprint density at radius 3 is 2.69 bits per heavy atom. The van der Waals surface area contributed by atoms with Crippen LogP contribution in [-0.4, -0.2) is 31.0 Å². The molecule has 3 nitrogen and oxygen atoms in total. The van der Waals surface area contributed by atoms with Gasteiger partial charge in [0.25, 0.3) is 5.91 Å². The number of carbonyl (C=O) groups excluding carboxylic acids is 1. The van der Waals surface area contributed by atoms with Gasteiger partial charge in [-0.3, -0.25) is 4.79 Å². The van der Waals surface area contributed by atoms with Crippen LogP contribution in [0.1, 0.15) is 6.92 Å². The number of ether oxygens (including phenoxy) is 1. The van der Waals surface area contributed by atoms with E-state index in [9.17, 15) is 4.79 Å². The van der Waals surface area contributed by atoms with Crippen molar-refractivity contribution in [1.29, 1.82) is 0 Å². The lowest BCUT2D eigenvalue weighted by molar-refractivity contribution is -0.131. The van der Waals surface area contributed by atoms with Crippen molar-refractivity contribution in [3.05, 3.63) is 28.2 Å². The van der Waals surface area contributed by atoms with Gasteiger partial charge >= 0.3 is 0 Å². The van der Waals surface area contributed by atoms with Gasteiger partial charge in [-0.15, -0.1) is 0 Å². The van der Waals surface area contributed by atoms with Crippen LogP contribution in [0.15, 0.2) is 18.2 Å². The Balaban J connectivity index is 2.58. The summed E-state index contributed by atoms with van der Waals surface area (Å²) in [7, 11) is 1.72. The molecule has 0 aliphatic heterocycles. The van der Waals surface area contributed by atoms with Gasteiger partial charge in [0.15, 0.2) is 6.61 Å². The predicted octanol–water partition coefficient (Wildman–Crippen LogP) is 2.85. The van der Waals surface area contributed by atoms with Crippen molar-refractivity contribution in [1.82, 2.24) is 4.90 Å². The van der Waals surface area contributed by atoms with Crippen LogP contribution in [0.3, 0.4) is 0 Å². The fraction of sp³-hybridized carbons (Fsp3) is 0.364. The summed E-state index contributed by atoms with van der Waals surface area (Å²) in [6.07, 6.45) is 0. The van der Waals surface area contributed by atoms with E-state index in [-0.39, 0.29) is 12.5 Å². The van der Waals surface area contributed by atoms with Gasteiger partial charge in [-0.1, -0.05) is 23.2 Å². The van der Waals surface area contributed by atoms with E-state index in [1.54, 1.807) is 30.1 Å². The molecule has 1 aromatic rings. The second kappa shape index (κ2) is 5.97. The van der Waals surface area contributed by atoms with Crippen LogP contribution in [0.5, 0.6) is 5.75 Å². The molecule has 88 valence electrons. The Hall–Kier alpha value is -0.930. The Labute approximate surface area is 105 Å². The number of hydrogen-bond donors (Lipinski definition) is 0. The minimum atomic E-state index is -0.0893. The molecule has 0 unspecified atom stereocenters. The highest BCUT2D eigenvalue weighted by Gasteiger charge is 2.09. The molecule has 5 heteroatoms. The lowest BCUT2D eigenvalue weighted by Crippen LogP contribution is -2.31. The normalized spacial score (nSPS) is 10.0. The molecule has 0 bridgehead atoms. The maximum atomic E-state index is 11.5. The van der Waals surface area contributed by atoms with E-state index in [1.807, 2.05) is 6.92 Å². The van der Waals surface area contributed by atoms with Gasteiger partial charge in [0.05, 0.1) is 5.02 Å². The molecule has 0 radical (unpaired) electrons. The lowest BCUT2D eigenvalue weighted by Gasteiger charge is -2.15. The monoisotopic (exact) mass is 261 g/mol. The van der Waals surface area contributed by atoms with Gasteiger partial charge in [0.1, 0.15) is 5.75 Å². The SMILES string of the molecule is CCN(C)C(=O)COc1ccc(Cl)cc1Cl. The van der Waals surface area contributed by atoms with E-state index in [1.165, 1.54) is 0 Å². The van der Waals surface area contributed by atoms with Crippen molar-refractivity contribution in [2.45, 2.75) is 6.92 Å². The number of nitrogens with zero attached hydrogens (tertiary/aromatic N) is 1. The zero-order chi connectivity index (χ0) is 12.1. The third-order valence-electron chi connectivity index (χ3n) is 2.15. The summed E-state index contributed by atoms with van der Waals surface area (Å²) >= 11 is 11.6. The molecule has 0 saturated carbocycles. The van der Waals surface area contributed by atoms with E-state index in [0.29, 0.717) is 22.3 Å². The summed E-state index contributed by atoms with van der Waals surface area (Å²) in [6.45, 7) is 2.52. The highest BCUT2D eigenvalue weighted by molar-refractivity contribution is 6.35. The first-order valence-corrected chi connectivity index (χ1v) is 5.62. The maximum Gasteiger partial charge on any atom is 0.260 e. The highest BCUT2D eigenvalue weighted by Crippen LogP contribution is 2.27. The van der Waals surface area contributed by atoms with E-state index < -0.39 is 0 Å². The van der Waals surface area contributed by atoms with Crippen LogP contribution in [0, 0.1) is 0 Å². The second-order valence-corrected chi connectivity index (χ2v) is 4.11. The first-order chi connectivity index (χ1) is 7.54. The summed E-state index contributed by atoms with van der Waals surface area (Å²) in [5.74, 6) is 0.373. The van der Waals surface area contributed by atoms with E-state index in [4.69, 9.17) is 27.9 Å². The molecule has 0 fully saturated rings. The molecule has 0 aliphatic carbocycles. The fourth-order valence-electron chi connectivity index (χ4n) is 1.02. The summed E-state index contributed by atoms with van der Waals surface area (Å²) in [5.41, 5.74) is 0. The standard InChI is InChI=1S/C11H13Cl2NO2/c1-3-14(2)11(15)7-16-10-5-4-8(12)6-9(10)13/h4-6H,3,7H2,1-2H3. The van der Waals surface area contributed by atoms with Crippen LogP contribution >= 0.6 is 23.2 Å². The third kappa shape index (κ3) is 3.58. The maximum absolute atomic E-state index is 11.5. The Morgan fingerprint density at radius 1 is 1.44 bits per heavy atom. The van der Waals surface area contributed by atoms with Crippen LogP contribution in [0.4, 0.5) is 0 Å². The molecular formula is C11H13Cl2NO2. The highest BCUT2D eigenvalue weighted by atomic mass is 35.5. The lowest BCUT2D eigenvalue weighted by atomic mass is 10.3. The Bertz CT molecular complexity index is 382. The van der Waals surface area contributed by atoms with Crippen LogP contribution in [0.25, 0.3) is 0 Å². The molecule has 0 aromatic heterocycles. The average molecular weight is 262 g/mol. The minimum absolute atomic E-state index is 0.0221. The van der Waals surface area contributed by atoms with Gasteiger partial charge in [-0.25, -0.2) is 0 Å². The van der Waals surface area contributed by atoms with Gasteiger partial charge < -0.3 is 9.64 Å². The average Bonchev–Trinajstić information content (AvgIpc) is 2.26. The van der Waals surface area contributed by atoms with E-state index >= 15 is 0 Å². The topological polar surface area (TPSA) is 29.5 Å². The van der Waals surface area contributed by atoms with Crippen molar-refractivity contribution >= 4 is 29.1 Å². The summed E-state index contributed by atoms with van der Waals surface area (Å²) in [5, 5.41) is 0.939. The number of halogens is 2. The first kappa shape index (κ1) is 13.1. The van der Waals surface area contributed by atoms with Gasteiger partial charge in [0.2, 0.25) is 0 Å². The molecule has 16 heavy (non-hydrogen) atoms. The number of amides is 1. The second-order valence-electron chi connectivity index (χ2n) is 3.27. The Kier molecular flexibility index (Phi) is 4.90. The molecule has 1 rings (SSSR count). The zero-order valence-corrected chi connectivity index (χ0v) is 10.7. The van der Waals surface area contributed by atoms with Crippen molar-refractivity contribution in [3.63, 3.8) is 0 Å². The molecule has 0 atom stereocenters. The van der Waals surface area contributed by atoms with Crippen LogP contribution < -0.4 is 4.74 Å². The first-order valence-electron chi connectivity index (χ1n) is 4.86. The van der Waals surface area contributed by atoms with Crippen LogP contribution in [0.2, 0.25) is 10.0 Å². The molecule has 0 spiro atoms. The van der Waals surface area contributed by atoms with Crippen molar-refractivity contribution in [2.75, 3.05) is 20.2 Å². The minimum Gasteiger partial charge on any atom is -0.482 e. The van der Waals surface area contributed by atoms with Crippen LogP contribution in [-0.2, 0) is 4.79 Å². The summed E-state index contributed by atoms with van der Waals surface area (Å²) in [6, 6.07) is 4.88. The number of benzene rings is 1. The molecule has 0 heterocycles. The number of likely N-dealkylation sites (N-methyl/N-ethyl adjacent to an activating group) is 1. The predicted molar refractivity (Wildman–Crippen MR) is 65.3 cm³/mol. The van der Waals surface area contributed by atoms with Crippen molar-refractivity contribution in [2.24, 2.45) is 0 Å². The van der Waals surface area contributed by atoms with Gasteiger partial charge in [0, 0.05) is 18.6 Å². The molecule has 0 N–H and O–H groups in total. The molecule has 1 amide bonds. The quantitative estimate of drug-likeness (QED) is 0.835. The summed E-state index contributed by atoms with van der Waals surface area (Å²) < 4.78 is 5.29. The Morgan fingerprint density at radius 2 is 2.12 bits per heavy atom. The van der Waals surface area contributed by atoms with Gasteiger partial charge in [-0.2, -0.15) is 0 Å². The third-order valence-corrected chi connectivity index (χ3v) is 2.68. The smallest absolute Gasteiger partial charge is 0.260 e. The van der Waals surface area contributed by atoms with Gasteiger partial charge in [-0.05, 0) is 25.1 Å². The fourth-order valence-corrected chi connectivity index (χ4v) is 1.48. The van der Waals surface area contributed by atoms with Crippen molar-refractivity contribution < 1.29 is 9.53 Å². The zero-order valence-electron chi connectivity index (χ0n) is 9.17. The number of carbonyl (C=O) groups is 1.